The minimum absolute atomic E-state index is 0.440. The van der Waals surface area contributed by atoms with Crippen LogP contribution in [0.2, 0.25) is 0 Å². The molecule has 0 aliphatic heterocycles. The largest absolute Gasteiger partial charge is 0.380 e. The van der Waals surface area contributed by atoms with E-state index in [9.17, 15) is 0 Å². The van der Waals surface area contributed by atoms with E-state index in [1.807, 2.05) is 18.6 Å². The van der Waals surface area contributed by atoms with Crippen LogP contribution in [0.5, 0.6) is 0 Å². The summed E-state index contributed by atoms with van der Waals surface area (Å²) in [6.07, 6.45) is 3.81. The Morgan fingerprint density at radius 2 is 1.95 bits per heavy atom. The summed E-state index contributed by atoms with van der Waals surface area (Å²) >= 11 is 0. The van der Waals surface area contributed by atoms with Crippen molar-refractivity contribution >= 4 is 0 Å². The van der Waals surface area contributed by atoms with Gasteiger partial charge in [0.1, 0.15) is 0 Å². The number of rotatable bonds is 7. The van der Waals surface area contributed by atoms with Crippen LogP contribution in [0.1, 0.15) is 36.7 Å². The summed E-state index contributed by atoms with van der Waals surface area (Å²) in [4.78, 5) is 4.22. The summed E-state index contributed by atoms with van der Waals surface area (Å²) in [5, 5.41) is 3.48. The maximum Gasteiger partial charge on any atom is 0.0951 e. The predicted molar refractivity (Wildman–Crippen MR) is 80.3 cm³/mol. The smallest absolute Gasteiger partial charge is 0.0951 e. The van der Waals surface area contributed by atoms with Gasteiger partial charge in [0.25, 0.3) is 0 Å². The second-order valence-corrected chi connectivity index (χ2v) is 5.19. The molecule has 108 valence electrons. The van der Waals surface area contributed by atoms with E-state index in [4.69, 9.17) is 4.74 Å². The molecular weight excluding hydrogens is 250 g/mol. The maximum absolute atomic E-state index is 5.23. The molecule has 0 saturated carbocycles. The monoisotopic (exact) mass is 273 g/mol. The highest BCUT2D eigenvalue weighted by Crippen LogP contribution is 2.11. The van der Waals surface area contributed by atoms with Crippen LogP contribution in [0, 0.1) is 0 Å². The molecule has 0 unspecified atom stereocenters. The van der Waals surface area contributed by atoms with Crippen LogP contribution >= 0.6 is 0 Å². The van der Waals surface area contributed by atoms with Crippen LogP contribution in [-0.2, 0) is 24.4 Å². The first-order valence-corrected chi connectivity index (χ1v) is 6.99. The molecule has 1 N–H and O–H groups in total. The Morgan fingerprint density at radius 1 is 1.20 bits per heavy atom. The molecule has 0 saturated heterocycles. The average molecular weight is 273 g/mol. The topological polar surface area (TPSA) is 39.1 Å². The Balaban J connectivity index is 1.94. The number of hydrogen-bond donors (Lipinski definition) is 1. The normalized spacial score (nSPS) is 11.2. The zero-order valence-electron chi connectivity index (χ0n) is 12.5. The minimum atomic E-state index is 0.440. The quantitative estimate of drug-likeness (QED) is 0.843. The van der Waals surface area contributed by atoms with Crippen molar-refractivity contribution in [2.75, 3.05) is 7.11 Å². The second-order valence-electron chi connectivity index (χ2n) is 5.19. The Bertz CT molecular complexity index is 534. The third kappa shape index (κ3) is 3.68. The number of hydrogen-bond acceptors (Lipinski definition) is 3. The molecule has 2 rings (SSSR count). The fourth-order valence-corrected chi connectivity index (χ4v) is 2.29. The van der Waals surface area contributed by atoms with Crippen molar-refractivity contribution in [2.24, 2.45) is 0 Å². The van der Waals surface area contributed by atoms with E-state index in [1.165, 1.54) is 16.8 Å². The molecule has 0 spiro atoms. The zero-order chi connectivity index (χ0) is 14.4. The van der Waals surface area contributed by atoms with Crippen molar-refractivity contribution in [3.05, 3.63) is 53.6 Å². The molecule has 0 aliphatic carbocycles. The maximum atomic E-state index is 5.23. The molecule has 1 aromatic carbocycles. The number of ether oxygens (including phenoxy) is 1. The molecule has 0 aliphatic rings. The summed E-state index contributed by atoms with van der Waals surface area (Å²) in [7, 11) is 1.73. The summed E-state index contributed by atoms with van der Waals surface area (Å²) in [6, 6.07) is 8.80. The second kappa shape index (κ2) is 7.22. The van der Waals surface area contributed by atoms with E-state index in [1.54, 1.807) is 7.11 Å². The summed E-state index contributed by atoms with van der Waals surface area (Å²) < 4.78 is 7.42. The van der Waals surface area contributed by atoms with Gasteiger partial charge in [0.15, 0.2) is 0 Å². The lowest BCUT2D eigenvalue weighted by atomic mass is 10.1. The fourth-order valence-electron chi connectivity index (χ4n) is 2.29. The minimum Gasteiger partial charge on any atom is -0.380 e. The summed E-state index contributed by atoms with van der Waals surface area (Å²) in [5.74, 6) is 0. The van der Waals surface area contributed by atoms with E-state index < -0.39 is 0 Å². The first kappa shape index (κ1) is 14.8. The van der Waals surface area contributed by atoms with Gasteiger partial charge >= 0.3 is 0 Å². The Hall–Kier alpha value is -1.65. The van der Waals surface area contributed by atoms with E-state index >= 15 is 0 Å². The standard InChI is InChI=1S/C16H23N3O/c1-13(2)19-12-18-10-16(19)9-17-8-14-6-4-5-7-15(14)11-20-3/h4-7,10,12-13,17H,8-9,11H2,1-3H3. The highest BCUT2D eigenvalue weighted by molar-refractivity contribution is 5.26. The molecule has 0 amide bonds. The predicted octanol–water partition coefficient (Wildman–Crippen LogP) is 2.90. The highest BCUT2D eigenvalue weighted by Gasteiger charge is 2.05. The van der Waals surface area contributed by atoms with Gasteiger partial charge in [-0.3, -0.25) is 0 Å². The zero-order valence-corrected chi connectivity index (χ0v) is 12.5. The summed E-state index contributed by atoms with van der Waals surface area (Å²) in [6.45, 7) is 6.64. The number of benzene rings is 1. The van der Waals surface area contributed by atoms with Crippen molar-refractivity contribution in [2.45, 2.75) is 39.6 Å². The number of aromatic nitrogens is 2. The molecule has 20 heavy (non-hydrogen) atoms. The van der Waals surface area contributed by atoms with Gasteiger partial charge < -0.3 is 14.6 Å². The number of imidazole rings is 1. The average Bonchev–Trinajstić information content (AvgIpc) is 2.90. The first-order valence-electron chi connectivity index (χ1n) is 6.99. The van der Waals surface area contributed by atoms with Crippen molar-refractivity contribution in [1.29, 1.82) is 0 Å². The van der Waals surface area contributed by atoms with Crippen molar-refractivity contribution in [1.82, 2.24) is 14.9 Å². The van der Waals surface area contributed by atoms with E-state index in [0.29, 0.717) is 12.6 Å². The highest BCUT2D eigenvalue weighted by atomic mass is 16.5. The van der Waals surface area contributed by atoms with Gasteiger partial charge in [0, 0.05) is 32.4 Å². The van der Waals surface area contributed by atoms with Gasteiger partial charge in [0.05, 0.1) is 18.6 Å². The van der Waals surface area contributed by atoms with Crippen LogP contribution in [0.25, 0.3) is 0 Å². The molecule has 1 aromatic heterocycles. The number of methoxy groups -OCH3 is 1. The van der Waals surface area contributed by atoms with E-state index in [2.05, 4.69) is 46.9 Å². The lowest BCUT2D eigenvalue weighted by molar-refractivity contribution is 0.184. The first-order chi connectivity index (χ1) is 9.72. The molecule has 2 aromatic rings. The fraction of sp³-hybridized carbons (Fsp3) is 0.438. The van der Waals surface area contributed by atoms with Gasteiger partial charge in [-0.2, -0.15) is 0 Å². The third-order valence-electron chi connectivity index (χ3n) is 3.34. The molecule has 4 nitrogen and oxygen atoms in total. The van der Waals surface area contributed by atoms with Crippen molar-refractivity contribution in [3.63, 3.8) is 0 Å². The molecule has 0 atom stereocenters. The lowest BCUT2D eigenvalue weighted by Crippen LogP contribution is -2.17. The van der Waals surface area contributed by atoms with E-state index in [0.717, 1.165) is 13.1 Å². The van der Waals surface area contributed by atoms with E-state index in [-0.39, 0.29) is 0 Å². The van der Waals surface area contributed by atoms with Gasteiger partial charge in [0.2, 0.25) is 0 Å². The van der Waals surface area contributed by atoms with Gasteiger partial charge in [-0.25, -0.2) is 4.98 Å². The van der Waals surface area contributed by atoms with Crippen LogP contribution in [0.15, 0.2) is 36.8 Å². The van der Waals surface area contributed by atoms with Gasteiger partial charge in [-0.15, -0.1) is 0 Å². The van der Waals surface area contributed by atoms with Gasteiger partial charge in [-0.1, -0.05) is 24.3 Å². The molecule has 4 heteroatoms. The Labute approximate surface area is 120 Å². The van der Waals surface area contributed by atoms with Crippen LogP contribution in [-0.4, -0.2) is 16.7 Å². The third-order valence-corrected chi connectivity index (χ3v) is 3.34. The Kier molecular flexibility index (Phi) is 5.32. The lowest BCUT2D eigenvalue weighted by Gasteiger charge is -2.13. The SMILES string of the molecule is COCc1ccccc1CNCc1cncn1C(C)C. The van der Waals surface area contributed by atoms with Crippen molar-refractivity contribution in [3.8, 4) is 0 Å². The molecule has 0 radical (unpaired) electrons. The molecule has 0 bridgehead atoms. The molecule has 0 fully saturated rings. The summed E-state index contributed by atoms with van der Waals surface area (Å²) in [5.41, 5.74) is 3.73. The van der Waals surface area contributed by atoms with Crippen LogP contribution < -0.4 is 5.32 Å². The molecule has 1 heterocycles. The van der Waals surface area contributed by atoms with Crippen molar-refractivity contribution < 1.29 is 4.74 Å². The van der Waals surface area contributed by atoms with Gasteiger partial charge in [-0.05, 0) is 25.0 Å². The molecular formula is C16H23N3O. The number of nitrogens with zero attached hydrogens (tertiary/aromatic N) is 2. The van der Waals surface area contributed by atoms with Crippen LogP contribution in [0.3, 0.4) is 0 Å². The Morgan fingerprint density at radius 3 is 2.65 bits per heavy atom. The number of nitrogens with one attached hydrogen (secondary N) is 1. The van der Waals surface area contributed by atoms with Crippen LogP contribution in [0.4, 0.5) is 0 Å².